The molecule has 4 aromatic rings. The van der Waals surface area contributed by atoms with Crippen LogP contribution in [0.1, 0.15) is 33.0 Å². The first-order valence-electron chi connectivity index (χ1n) is 9.39. The van der Waals surface area contributed by atoms with Crippen LogP contribution in [-0.4, -0.2) is 36.8 Å². The third-order valence-corrected chi connectivity index (χ3v) is 5.40. The van der Waals surface area contributed by atoms with E-state index in [9.17, 15) is 4.79 Å². The Bertz CT molecular complexity index is 1090. The molecule has 0 bridgehead atoms. The highest BCUT2D eigenvalue weighted by Gasteiger charge is 2.10. The number of carbonyl (C=O) groups excluding carboxylic acids is 1. The van der Waals surface area contributed by atoms with Gasteiger partial charge in [0.2, 0.25) is 5.13 Å². The van der Waals surface area contributed by atoms with E-state index in [0.717, 1.165) is 34.3 Å². The third-order valence-electron chi connectivity index (χ3n) is 4.54. The van der Waals surface area contributed by atoms with Crippen LogP contribution in [0.4, 0.5) is 0 Å². The lowest BCUT2D eigenvalue weighted by Gasteiger charge is -2.06. The van der Waals surface area contributed by atoms with Gasteiger partial charge in [-0.1, -0.05) is 12.1 Å². The van der Waals surface area contributed by atoms with Gasteiger partial charge >= 0.3 is 0 Å². The molecule has 29 heavy (non-hydrogen) atoms. The van der Waals surface area contributed by atoms with Gasteiger partial charge in [0.1, 0.15) is 0 Å². The first-order valence-corrected chi connectivity index (χ1v) is 10.3. The van der Waals surface area contributed by atoms with Gasteiger partial charge in [-0.3, -0.25) is 4.79 Å². The largest absolute Gasteiger partial charge is 0.352 e. The zero-order chi connectivity index (χ0) is 20.2. The lowest BCUT2D eigenvalue weighted by atomic mass is 10.1. The molecule has 1 amide bonds. The molecular formula is C21H22N6OS. The second-order valence-electron chi connectivity index (χ2n) is 6.90. The van der Waals surface area contributed by atoms with E-state index in [0.29, 0.717) is 18.5 Å². The predicted octanol–water partition coefficient (Wildman–Crippen LogP) is 3.16. The highest BCUT2D eigenvalue weighted by atomic mass is 32.1. The number of amides is 1. The van der Waals surface area contributed by atoms with Crippen LogP contribution < -0.4 is 5.32 Å². The molecule has 0 atom stereocenters. The molecule has 8 heteroatoms. The van der Waals surface area contributed by atoms with Crippen LogP contribution in [0.15, 0.2) is 54.4 Å². The first-order chi connectivity index (χ1) is 14.1. The van der Waals surface area contributed by atoms with Crippen molar-refractivity contribution in [2.45, 2.75) is 26.8 Å². The predicted molar refractivity (Wildman–Crippen MR) is 113 cm³/mol. The van der Waals surface area contributed by atoms with E-state index in [1.807, 2.05) is 65.0 Å². The molecule has 0 aliphatic heterocycles. The molecule has 0 saturated heterocycles. The second-order valence-corrected chi connectivity index (χ2v) is 7.73. The Balaban J connectivity index is 1.29. The maximum atomic E-state index is 12.4. The minimum Gasteiger partial charge on any atom is -0.352 e. The Kier molecular flexibility index (Phi) is 5.53. The quantitative estimate of drug-likeness (QED) is 0.511. The molecule has 3 heterocycles. The summed E-state index contributed by atoms with van der Waals surface area (Å²) in [6.45, 7) is 5.26. The number of rotatable bonds is 7. The number of hydrogen-bond acceptors (Lipinski definition) is 5. The smallest absolute Gasteiger partial charge is 0.251 e. The maximum Gasteiger partial charge on any atom is 0.251 e. The SMILES string of the molecule is Cc1cc(C)n(-c2nc(CCNC(=O)c3ccc(Cn4ccnc4)cc3)cs2)n1. The summed E-state index contributed by atoms with van der Waals surface area (Å²) in [5.74, 6) is -0.0758. The van der Waals surface area contributed by atoms with Gasteiger partial charge in [0.25, 0.3) is 5.91 Å². The third kappa shape index (κ3) is 4.60. The molecule has 148 valence electrons. The standard InChI is InChI=1S/C21H22N6OS/c1-15-11-16(2)27(25-15)21-24-19(13-29-21)7-8-23-20(28)18-5-3-17(4-6-18)12-26-10-9-22-14-26/h3-6,9-11,13-14H,7-8,12H2,1-2H3,(H,23,28). The fourth-order valence-corrected chi connectivity index (χ4v) is 3.96. The van der Waals surface area contributed by atoms with E-state index in [2.05, 4.69) is 20.4 Å². The van der Waals surface area contributed by atoms with Crippen LogP contribution in [0.2, 0.25) is 0 Å². The van der Waals surface area contributed by atoms with Gasteiger partial charge in [-0.15, -0.1) is 11.3 Å². The summed E-state index contributed by atoms with van der Waals surface area (Å²) in [5.41, 5.74) is 4.77. The summed E-state index contributed by atoms with van der Waals surface area (Å²) in [4.78, 5) is 21.0. The van der Waals surface area contributed by atoms with Crippen molar-refractivity contribution < 1.29 is 4.79 Å². The highest BCUT2D eigenvalue weighted by molar-refractivity contribution is 7.12. The molecule has 0 fully saturated rings. The van der Waals surface area contributed by atoms with E-state index in [4.69, 9.17) is 0 Å². The number of aryl methyl sites for hydroxylation is 2. The second kappa shape index (κ2) is 8.40. The summed E-state index contributed by atoms with van der Waals surface area (Å²) in [7, 11) is 0. The molecular weight excluding hydrogens is 384 g/mol. The molecule has 1 aromatic carbocycles. The van der Waals surface area contributed by atoms with Crippen molar-refractivity contribution in [1.29, 1.82) is 0 Å². The van der Waals surface area contributed by atoms with E-state index < -0.39 is 0 Å². The van der Waals surface area contributed by atoms with Crippen LogP contribution in [0, 0.1) is 13.8 Å². The van der Waals surface area contributed by atoms with E-state index in [1.165, 1.54) is 0 Å². The van der Waals surface area contributed by atoms with E-state index in [-0.39, 0.29) is 5.91 Å². The van der Waals surface area contributed by atoms with Gasteiger partial charge in [0.15, 0.2) is 0 Å². The first kappa shape index (κ1) is 19.1. The lowest BCUT2D eigenvalue weighted by Crippen LogP contribution is -2.25. The number of nitrogens with one attached hydrogen (secondary N) is 1. The van der Waals surface area contributed by atoms with Gasteiger partial charge in [0.05, 0.1) is 17.7 Å². The maximum absolute atomic E-state index is 12.4. The molecule has 4 rings (SSSR count). The van der Waals surface area contributed by atoms with Crippen molar-refractivity contribution in [3.8, 4) is 5.13 Å². The minimum atomic E-state index is -0.0758. The molecule has 3 aromatic heterocycles. The lowest BCUT2D eigenvalue weighted by molar-refractivity contribution is 0.0954. The molecule has 0 unspecified atom stereocenters. The van der Waals surface area contributed by atoms with Gasteiger partial charge < -0.3 is 9.88 Å². The minimum absolute atomic E-state index is 0.0758. The van der Waals surface area contributed by atoms with Crippen LogP contribution in [0.5, 0.6) is 0 Å². The number of nitrogens with zero attached hydrogens (tertiary/aromatic N) is 5. The summed E-state index contributed by atoms with van der Waals surface area (Å²) < 4.78 is 3.84. The van der Waals surface area contributed by atoms with Crippen LogP contribution in [0.3, 0.4) is 0 Å². The molecule has 0 spiro atoms. The zero-order valence-electron chi connectivity index (χ0n) is 16.4. The number of thiazole rings is 1. The van der Waals surface area contributed by atoms with Crippen molar-refractivity contribution in [3.63, 3.8) is 0 Å². The number of aromatic nitrogens is 5. The van der Waals surface area contributed by atoms with Gasteiger partial charge in [0, 0.05) is 48.5 Å². The summed E-state index contributed by atoms with van der Waals surface area (Å²) in [6.07, 6.45) is 6.13. The average Bonchev–Trinajstić information content (AvgIpc) is 3.44. The Morgan fingerprint density at radius 3 is 2.72 bits per heavy atom. The number of imidazole rings is 1. The Labute approximate surface area is 173 Å². The van der Waals surface area contributed by atoms with Crippen molar-refractivity contribution in [3.05, 3.63) is 82.6 Å². The monoisotopic (exact) mass is 406 g/mol. The fraction of sp³-hybridized carbons (Fsp3) is 0.238. The van der Waals surface area contributed by atoms with Crippen molar-refractivity contribution in [2.75, 3.05) is 6.54 Å². The number of hydrogen-bond donors (Lipinski definition) is 1. The van der Waals surface area contributed by atoms with Gasteiger partial charge in [-0.25, -0.2) is 14.6 Å². The average molecular weight is 407 g/mol. The Morgan fingerprint density at radius 1 is 1.21 bits per heavy atom. The van der Waals surface area contributed by atoms with E-state index in [1.54, 1.807) is 23.9 Å². The molecule has 0 radical (unpaired) electrons. The fourth-order valence-electron chi connectivity index (χ4n) is 3.09. The van der Waals surface area contributed by atoms with Gasteiger partial charge in [-0.05, 0) is 37.6 Å². The topological polar surface area (TPSA) is 77.6 Å². The normalized spacial score (nSPS) is 11.0. The van der Waals surface area contributed by atoms with E-state index >= 15 is 0 Å². The van der Waals surface area contributed by atoms with Crippen molar-refractivity contribution in [1.82, 2.24) is 29.6 Å². The molecule has 0 aliphatic rings. The van der Waals surface area contributed by atoms with Crippen molar-refractivity contribution >= 4 is 17.2 Å². The molecule has 1 N–H and O–H groups in total. The Morgan fingerprint density at radius 2 is 2.03 bits per heavy atom. The van der Waals surface area contributed by atoms with Gasteiger partial charge in [-0.2, -0.15) is 5.10 Å². The molecule has 0 aliphatic carbocycles. The number of carbonyl (C=O) groups is 1. The highest BCUT2D eigenvalue weighted by Crippen LogP contribution is 2.17. The summed E-state index contributed by atoms with van der Waals surface area (Å²) >= 11 is 1.56. The zero-order valence-corrected chi connectivity index (χ0v) is 17.2. The summed E-state index contributed by atoms with van der Waals surface area (Å²) in [5, 5.41) is 10.3. The molecule has 7 nitrogen and oxygen atoms in total. The van der Waals surface area contributed by atoms with Crippen LogP contribution >= 0.6 is 11.3 Å². The molecule has 0 saturated carbocycles. The van der Waals surface area contributed by atoms with Crippen LogP contribution in [-0.2, 0) is 13.0 Å². The van der Waals surface area contributed by atoms with Crippen LogP contribution in [0.25, 0.3) is 5.13 Å². The van der Waals surface area contributed by atoms with Crippen molar-refractivity contribution in [2.24, 2.45) is 0 Å². The number of benzene rings is 1. The Hall–Kier alpha value is -3.26. The summed E-state index contributed by atoms with van der Waals surface area (Å²) in [6, 6.07) is 9.67.